The van der Waals surface area contributed by atoms with E-state index in [4.69, 9.17) is 16.3 Å². The molecule has 7 heteroatoms. The van der Waals surface area contributed by atoms with Gasteiger partial charge >= 0.3 is 6.18 Å². The van der Waals surface area contributed by atoms with Crippen LogP contribution in [0.3, 0.4) is 0 Å². The van der Waals surface area contributed by atoms with Crippen molar-refractivity contribution in [3.8, 4) is 5.75 Å². The lowest BCUT2D eigenvalue weighted by atomic mass is 9.91. The zero-order chi connectivity index (χ0) is 18.7. The lowest BCUT2D eigenvalue weighted by Crippen LogP contribution is -2.45. The van der Waals surface area contributed by atoms with Crippen molar-refractivity contribution in [2.45, 2.75) is 12.2 Å². The zero-order valence-electron chi connectivity index (χ0n) is 14.3. The smallest absolute Gasteiger partial charge is 0.416 e. The third-order valence-corrected chi connectivity index (χ3v) is 4.80. The molecular formula is C19H20ClF3N2O. The third-order valence-electron chi connectivity index (χ3n) is 4.56. The molecule has 0 aromatic heterocycles. The van der Waals surface area contributed by atoms with Gasteiger partial charge in [-0.1, -0.05) is 29.8 Å². The van der Waals surface area contributed by atoms with Crippen LogP contribution in [0.2, 0.25) is 5.02 Å². The van der Waals surface area contributed by atoms with Crippen LogP contribution in [-0.4, -0.2) is 38.2 Å². The van der Waals surface area contributed by atoms with Gasteiger partial charge in [0.25, 0.3) is 0 Å². The first kappa shape index (κ1) is 19.0. The Hall–Kier alpha value is -1.76. The molecule has 140 valence electrons. The number of rotatable bonds is 4. The van der Waals surface area contributed by atoms with Gasteiger partial charge in [-0.05, 0) is 29.8 Å². The van der Waals surface area contributed by atoms with Gasteiger partial charge < -0.3 is 10.1 Å². The van der Waals surface area contributed by atoms with Gasteiger partial charge in [0.05, 0.1) is 18.7 Å². The number of benzene rings is 2. The van der Waals surface area contributed by atoms with Crippen molar-refractivity contribution >= 4 is 11.6 Å². The van der Waals surface area contributed by atoms with Crippen LogP contribution < -0.4 is 10.1 Å². The maximum atomic E-state index is 13.7. The molecule has 3 rings (SSSR count). The molecule has 0 bridgehead atoms. The number of hydrogen-bond donors (Lipinski definition) is 1. The molecule has 0 aliphatic carbocycles. The van der Waals surface area contributed by atoms with Crippen molar-refractivity contribution in [1.82, 2.24) is 10.2 Å². The first-order valence-electron chi connectivity index (χ1n) is 8.36. The van der Waals surface area contributed by atoms with Crippen LogP contribution in [0.4, 0.5) is 13.2 Å². The number of nitrogens with zero attached hydrogens (tertiary/aromatic N) is 1. The van der Waals surface area contributed by atoms with Crippen LogP contribution >= 0.6 is 11.6 Å². The summed E-state index contributed by atoms with van der Waals surface area (Å²) in [6.45, 7) is 2.69. The highest BCUT2D eigenvalue weighted by molar-refractivity contribution is 6.30. The van der Waals surface area contributed by atoms with E-state index < -0.39 is 17.8 Å². The van der Waals surface area contributed by atoms with E-state index in [2.05, 4.69) is 5.32 Å². The highest BCUT2D eigenvalue weighted by Crippen LogP contribution is 2.42. The molecule has 1 N–H and O–H groups in total. The van der Waals surface area contributed by atoms with Gasteiger partial charge in [0.2, 0.25) is 0 Å². The molecule has 1 unspecified atom stereocenters. The second-order valence-corrected chi connectivity index (χ2v) is 6.60. The summed E-state index contributed by atoms with van der Waals surface area (Å²) < 4.78 is 46.4. The van der Waals surface area contributed by atoms with Crippen molar-refractivity contribution in [2.75, 3.05) is 33.3 Å². The van der Waals surface area contributed by atoms with Gasteiger partial charge in [0.15, 0.2) is 0 Å². The molecule has 1 fully saturated rings. The summed E-state index contributed by atoms with van der Waals surface area (Å²) in [6.07, 6.45) is -4.44. The van der Waals surface area contributed by atoms with Crippen molar-refractivity contribution in [1.29, 1.82) is 0 Å². The van der Waals surface area contributed by atoms with Crippen LogP contribution in [0.5, 0.6) is 5.75 Å². The molecule has 0 spiro atoms. The molecule has 1 aliphatic heterocycles. The zero-order valence-corrected chi connectivity index (χ0v) is 15.1. The molecule has 1 heterocycles. The molecule has 1 atom stereocenters. The van der Waals surface area contributed by atoms with Gasteiger partial charge in [0, 0.05) is 36.8 Å². The minimum Gasteiger partial charge on any atom is -0.496 e. The summed E-state index contributed by atoms with van der Waals surface area (Å²) in [7, 11) is 1.51. The first-order chi connectivity index (χ1) is 12.4. The Morgan fingerprint density at radius 3 is 2.42 bits per heavy atom. The number of alkyl halides is 3. The van der Waals surface area contributed by atoms with E-state index in [0.717, 1.165) is 6.07 Å². The monoisotopic (exact) mass is 384 g/mol. The number of piperazine rings is 1. The van der Waals surface area contributed by atoms with E-state index in [9.17, 15) is 13.2 Å². The van der Waals surface area contributed by atoms with E-state index in [-0.39, 0.29) is 5.56 Å². The molecule has 0 amide bonds. The van der Waals surface area contributed by atoms with Crippen LogP contribution in [0, 0.1) is 0 Å². The van der Waals surface area contributed by atoms with E-state index in [0.29, 0.717) is 42.5 Å². The Kier molecular flexibility index (Phi) is 5.75. The van der Waals surface area contributed by atoms with Crippen molar-refractivity contribution in [3.05, 3.63) is 64.2 Å². The second-order valence-electron chi connectivity index (χ2n) is 6.16. The summed E-state index contributed by atoms with van der Waals surface area (Å²) in [6, 6.07) is 10.2. The van der Waals surface area contributed by atoms with Gasteiger partial charge in [-0.25, -0.2) is 0 Å². The molecule has 2 aromatic carbocycles. The number of methoxy groups -OCH3 is 1. The number of halogens is 4. The van der Waals surface area contributed by atoms with Crippen molar-refractivity contribution < 1.29 is 17.9 Å². The molecule has 0 saturated carbocycles. The molecule has 0 radical (unpaired) electrons. The Bertz CT molecular complexity index is 761. The SMILES string of the molecule is COc1ccc(Cl)cc1C(c1ccccc1C(F)(F)F)N1CCNCC1. The van der Waals surface area contributed by atoms with Gasteiger partial charge in [-0.15, -0.1) is 0 Å². The Morgan fingerprint density at radius 2 is 1.77 bits per heavy atom. The lowest BCUT2D eigenvalue weighted by molar-refractivity contribution is -0.138. The summed E-state index contributed by atoms with van der Waals surface area (Å²) in [5, 5.41) is 3.70. The lowest BCUT2D eigenvalue weighted by Gasteiger charge is -2.37. The average Bonchev–Trinajstić information content (AvgIpc) is 2.63. The first-order valence-corrected chi connectivity index (χ1v) is 8.74. The van der Waals surface area contributed by atoms with E-state index in [1.165, 1.54) is 19.2 Å². The van der Waals surface area contributed by atoms with Crippen LogP contribution in [0.1, 0.15) is 22.7 Å². The third kappa shape index (κ3) is 3.98. The maximum Gasteiger partial charge on any atom is 0.416 e. The summed E-state index contributed by atoms with van der Waals surface area (Å²) in [5.74, 6) is 0.523. The highest BCUT2D eigenvalue weighted by Gasteiger charge is 2.38. The predicted molar refractivity (Wildman–Crippen MR) is 95.7 cm³/mol. The van der Waals surface area contributed by atoms with Gasteiger partial charge in [-0.3, -0.25) is 4.90 Å². The predicted octanol–water partition coefficient (Wildman–Crippen LogP) is 4.36. The molecule has 1 aliphatic rings. The molecule has 2 aromatic rings. The minimum atomic E-state index is -4.44. The Balaban J connectivity index is 2.19. The van der Waals surface area contributed by atoms with Crippen molar-refractivity contribution in [3.63, 3.8) is 0 Å². The second kappa shape index (κ2) is 7.86. The number of ether oxygens (including phenoxy) is 1. The standard InChI is InChI=1S/C19H20ClF3N2O/c1-26-17-7-6-13(20)12-15(17)18(25-10-8-24-9-11-25)14-4-2-3-5-16(14)19(21,22)23/h2-7,12,18,24H,8-11H2,1H3. The molecular weight excluding hydrogens is 365 g/mol. The topological polar surface area (TPSA) is 24.5 Å². The van der Waals surface area contributed by atoms with Gasteiger partial charge in [-0.2, -0.15) is 13.2 Å². The molecule has 1 saturated heterocycles. The number of nitrogens with one attached hydrogen (secondary N) is 1. The summed E-state index contributed by atoms with van der Waals surface area (Å²) >= 11 is 6.17. The van der Waals surface area contributed by atoms with Crippen molar-refractivity contribution in [2.24, 2.45) is 0 Å². The van der Waals surface area contributed by atoms with Crippen LogP contribution in [0.15, 0.2) is 42.5 Å². The molecule has 3 nitrogen and oxygen atoms in total. The molecule has 26 heavy (non-hydrogen) atoms. The normalized spacial score (nSPS) is 17.1. The summed E-state index contributed by atoms with van der Waals surface area (Å²) in [5.41, 5.74) is 0.214. The Labute approximate surface area is 155 Å². The largest absolute Gasteiger partial charge is 0.496 e. The van der Waals surface area contributed by atoms with Crippen LogP contribution in [0.25, 0.3) is 0 Å². The minimum absolute atomic E-state index is 0.211. The fraction of sp³-hybridized carbons (Fsp3) is 0.368. The fourth-order valence-corrected chi connectivity index (χ4v) is 3.59. The van der Waals surface area contributed by atoms with E-state index in [1.54, 1.807) is 24.3 Å². The highest BCUT2D eigenvalue weighted by atomic mass is 35.5. The van der Waals surface area contributed by atoms with Crippen LogP contribution in [-0.2, 0) is 6.18 Å². The quantitative estimate of drug-likeness (QED) is 0.847. The number of hydrogen-bond acceptors (Lipinski definition) is 3. The van der Waals surface area contributed by atoms with E-state index >= 15 is 0 Å². The summed E-state index contributed by atoms with van der Waals surface area (Å²) in [4.78, 5) is 2.04. The average molecular weight is 385 g/mol. The van der Waals surface area contributed by atoms with E-state index in [1.807, 2.05) is 4.90 Å². The fourth-order valence-electron chi connectivity index (χ4n) is 3.41. The Morgan fingerprint density at radius 1 is 1.08 bits per heavy atom. The maximum absolute atomic E-state index is 13.7. The van der Waals surface area contributed by atoms with Gasteiger partial charge in [0.1, 0.15) is 5.75 Å².